The highest BCUT2D eigenvalue weighted by Gasteiger charge is 2.09. The summed E-state index contributed by atoms with van der Waals surface area (Å²) < 4.78 is 26.0. The van der Waals surface area contributed by atoms with Crippen molar-refractivity contribution in [3.63, 3.8) is 0 Å². The first-order chi connectivity index (χ1) is 8.99. The molecule has 19 heavy (non-hydrogen) atoms. The molecule has 1 rings (SSSR count). The fourth-order valence-electron chi connectivity index (χ4n) is 1.64. The summed E-state index contributed by atoms with van der Waals surface area (Å²) in [5.74, 6) is 0.190. The predicted octanol–water partition coefficient (Wildman–Crippen LogP) is 0.650. The van der Waals surface area contributed by atoms with Gasteiger partial charge in [0.2, 0.25) is 10.0 Å². The van der Waals surface area contributed by atoms with Crippen LogP contribution >= 0.6 is 0 Å². The van der Waals surface area contributed by atoms with Crippen LogP contribution in [0.15, 0.2) is 12.5 Å². The zero-order valence-electron chi connectivity index (χ0n) is 11.6. The standard InChI is InChI=1S/C12H24N4O2S/c1-11(2)14-6-3-4-8-19(17,18)16-7-5-12-9-13-10-15-12/h9-11,14,16H,3-8H2,1-2H3,(H,13,15). The Balaban J connectivity index is 2.10. The number of unbranched alkanes of at least 4 members (excludes halogenated alkanes) is 1. The topological polar surface area (TPSA) is 86.9 Å². The van der Waals surface area contributed by atoms with Gasteiger partial charge in [0.1, 0.15) is 0 Å². The van der Waals surface area contributed by atoms with Crippen molar-refractivity contribution in [2.45, 2.75) is 39.2 Å². The number of rotatable bonds is 10. The van der Waals surface area contributed by atoms with Gasteiger partial charge >= 0.3 is 0 Å². The number of imidazole rings is 1. The molecular weight excluding hydrogens is 264 g/mol. The Bertz CT molecular complexity index is 429. The molecule has 0 atom stereocenters. The molecule has 0 aliphatic carbocycles. The summed E-state index contributed by atoms with van der Waals surface area (Å²) in [7, 11) is -3.15. The maximum atomic E-state index is 11.7. The first-order valence-corrected chi connectivity index (χ1v) is 8.33. The molecule has 110 valence electrons. The Labute approximate surface area is 115 Å². The fraction of sp³-hybridized carbons (Fsp3) is 0.750. The van der Waals surface area contributed by atoms with Crippen molar-refractivity contribution in [1.82, 2.24) is 20.0 Å². The molecule has 0 radical (unpaired) electrons. The zero-order valence-corrected chi connectivity index (χ0v) is 12.5. The van der Waals surface area contributed by atoms with E-state index in [9.17, 15) is 8.42 Å². The molecule has 1 aromatic rings. The quantitative estimate of drug-likeness (QED) is 0.552. The van der Waals surface area contributed by atoms with Crippen LogP contribution in [-0.2, 0) is 16.4 Å². The van der Waals surface area contributed by atoms with Crippen molar-refractivity contribution < 1.29 is 8.42 Å². The molecule has 1 aromatic heterocycles. The molecular formula is C12H24N4O2S. The van der Waals surface area contributed by atoms with Gasteiger partial charge in [-0.05, 0) is 19.4 Å². The minimum Gasteiger partial charge on any atom is -0.348 e. The molecule has 0 unspecified atom stereocenters. The molecule has 0 aliphatic rings. The Kier molecular flexibility index (Phi) is 7.04. The lowest BCUT2D eigenvalue weighted by Crippen LogP contribution is -2.29. The van der Waals surface area contributed by atoms with Gasteiger partial charge in [-0.1, -0.05) is 13.8 Å². The van der Waals surface area contributed by atoms with E-state index in [0.29, 0.717) is 25.4 Å². The van der Waals surface area contributed by atoms with Crippen LogP contribution in [0.4, 0.5) is 0 Å². The van der Waals surface area contributed by atoms with Crippen LogP contribution in [0.5, 0.6) is 0 Å². The van der Waals surface area contributed by atoms with Gasteiger partial charge in [-0.3, -0.25) is 0 Å². The summed E-state index contributed by atoms with van der Waals surface area (Å²) in [5, 5.41) is 3.27. The first-order valence-electron chi connectivity index (χ1n) is 6.67. The van der Waals surface area contributed by atoms with E-state index in [4.69, 9.17) is 0 Å². The first kappa shape index (κ1) is 16.1. The van der Waals surface area contributed by atoms with E-state index in [0.717, 1.165) is 18.7 Å². The lowest BCUT2D eigenvalue weighted by atomic mass is 10.3. The summed E-state index contributed by atoms with van der Waals surface area (Å²) in [6, 6.07) is 0.448. The Morgan fingerprint density at radius 2 is 2.11 bits per heavy atom. The number of nitrogens with one attached hydrogen (secondary N) is 3. The molecule has 3 N–H and O–H groups in total. The van der Waals surface area contributed by atoms with Crippen LogP contribution in [0, 0.1) is 0 Å². The average molecular weight is 288 g/mol. The van der Waals surface area contributed by atoms with Crippen molar-refractivity contribution in [2.75, 3.05) is 18.8 Å². The van der Waals surface area contributed by atoms with Gasteiger partial charge in [-0.15, -0.1) is 0 Å². The van der Waals surface area contributed by atoms with E-state index in [1.807, 2.05) is 0 Å². The maximum Gasteiger partial charge on any atom is 0.211 e. The van der Waals surface area contributed by atoms with Gasteiger partial charge in [-0.25, -0.2) is 18.1 Å². The van der Waals surface area contributed by atoms with E-state index < -0.39 is 10.0 Å². The van der Waals surface area contributed by atoms with Gasteiger partial charge in [0.25, 0.3) is 0 Å². The Hall–Kier alpha value is -0.920. The predicted molar refractivity (Wildman–Crippen MR) is 76.5 cm³/mol. The largest absolute Gasteiger partial charge is 0.348 e. The van der Waals surface area contributed by atoms with Crippen LogP contribution in [0.2, 0.25) is 0 Å². The van der Waals surface area contributed by atoms with Gasteiger partial charge in [-0.2, -0.15) is 0 Å². The van der Waals surface area contributed by atoms with Crippen molar-refractivity contribution in [2.24, 2.45) is 0 Å². The summed E-state index contributed by atoms with van der Waals surface area (Å²) in [5.41, 5.74) is 0.934. The minimum absolute atomic E-state index is 0.190. The SMILES string of the molecule is CC(C)NCCCCS(=O)(=O)NCCc1cnc[nH]1. The van der Waals surface area contributed by atoms with E-state index in [1.54, 1.807) is 12.5 Å². The number of hydrogen-bond acceptors (Lipinski definition) is 4. The smallest absolute Gasteiger partial charge is 0.211 e. The number of H-pyrrole nitrogens is 1. The molecule has 7 heteroatoms. The van der Waals surface area contributed by atoms with E-state index in [-0.39, 0.29) is 5.75 Å². The highest BCUT2D eigenvalue weighted by molar-refractivity contribution is 7.89. The molecule has 0 saturated carbocycles. The Morgan fingerprint density at radius 1 is 1.32 bits per heavy atom. The molecule has 0 spiro atoms. The van der Waals surface area contributed by atoms with Gasteiger partial charge in [0.15, 0.2) is 0 Å². The second-order valence-electron chi connectivity index (χ2n) is 4.86. The minimum atomic E-state index is -3.15. The summed E-state index contributed by atoms with van der Waals surface area (Å²) >= 11 is 0. The number of aromatic amines is 1. The monoisotopic (exact) mass is 288 g/mol. The molecule has 0 saturated heterocycles. The maximum absolute atomic E-state index is 11.7. The van der Waals surface area contributed by atoms with Gasteiger partial charge in [0, 0.05) is 30.9 Å². The molecule has 0 bridgehead atoms. The van der Waals surface area contributed by atoms with E-state index in [1.165, 1.54) is 0 Å². The van der Waals surface area contributed by atoms with Crippen molar-refractivity contribution in [1.29, 1.82) is 0 Å². The lowest BCUT2D eigenvalue weighted by Gasteiger charge is -2.08. The molecule has 6 nitrogen and oxygen atoms in total. The van der Waals surface area contributed by atoms with E-state index >= 15 is 0 Å². The third kappa shape index (κ3) is 7.97. The molecule has 0 aromatic carbocycles. The average Bonchev–Trinajstić information content (AvgIpc) is 2.80. The molecule has 0 aliphatic heterocycles. The van der Waals surface area contributed by atoms with E-state index in [2.05, 4.69) is 33.9 Å². The second kappa shape index (κ2) is 8.29. The third-order valence-electron chi connectivity index (χ3n) is 2.66. The van der Waals surface area contributed by atoms with Crippen LogP contribution in [0.25, 0.3) is 0 Å². The number of aromatic nitrogens is 2. The van der Waals surface area contributed by atoms with Crippen molar-refractivity contribution in [3.05, 3.63) is 18.2 Å². The summed E-state index contributed by atoms with van der Waals surface area (Å²) in [6.45, 7) is 5.43. The fourth-order valence-corrected chi connectivity index (χ4v) is 2.78. The molecule has 0 fully saturated rings. The highest BCUT2D eigenvalue weighted by Crippen LogP contribution is 1.96. The third-order valence-corrected chi connectivity index (χ3v) is 4.13. The molecule has 1 heterocycles. The van der Waals surface area contributed by atoms with Crippen LogP contribution in [0.3, 0.4) is 0 Å². The normalized spacial score (nSPS) is 12.2. The zero-order chi connectivity index (χ0) is 14.1. The summed E-state index contributed by atoms with van der Waals surface area (Å²) in [4.78, 5) is 6.82. The van der Waals surface area contributed by atoms with Crippen molar-refractivity contribution in [3.8, 4) is 0 Å². The number of hydrogen-bond donors (Lipinski definition) is 3. The van der Waals surface area contributed by atoms with Crippen LogP contribution in [0.1, 0.15) is 32.4 Å². The summed E-state index contributed by atoms with van der Waals surface area (Å²) in [6.07, 6.45) is 5.48. The number of nitrogens with zero attached hydrogens (tertiary/aromatic N) is 1. The number of sulfonamides is 1. The van der Waals surface area contributed by atoms with Crippen molar-refractivity contribution >= 4 is 10.0 Å². The van der Waals surface area contributed by atoms with Crippen LogP contribution in [-0.4, -0.2) is 43.3 Å². The van der Waals surface area contributed by atoms with Gasteiger partial charge < -0.3 is 10.3 Å². The second-order valence-corrected chi connectivity index (χ2v) is 6.78. The molecule has 0 amide bonds. The van der Waals surface area contributed by atoms with Crippen LogP contribution < -0.4 is 10.0 Å². The Morgan fingerprint density at radius 3 is 2.74 bits per heavy atom. The highest BCUT2D eigenvalue weighted by atomic mass is 32.2. The lowest BCUT2D eigenvalue weighted by molar-refractivity contribution is 0.555. The van der Waals surface area contributed by atoms with Gasteiger partial charge in [0.05, 0.1) is 12.1 Å².